The summed E-state index contributed by atoms with van der Waals surface area (Å²) in [6.07, 6.45) is 6.83. The first-order chi connectivity index (χ1) is 7.74. The second-order valence-corrected chi connectivity index (χ2v) is 7.48. The van der Waals surface area contributed by atoms with Crippen molar-refractivity contribution in [2.24, 2.45) is 0 Å². The van der Waals surface area contributed by atoms with Gasteiger partial charge in [0.15, 0.2) is 0 Å². The van der Waals surface area contributed by atoms with Gasteiger partial charge in [0.25, 0.3) is 0 Å². The van der Waals surface area contributed by atoms with Gasteiger partial charge in [0.1, 0.15) is 0 Å². The number of unbranched alkanes of at least 4 members (excludes halogenated alkanes) is 3. The quantitative estimate of drug-likeness (QED) is 0.261. The van der Waals surface area contributed by atoms with Gasteiger partial charge in [-0.05, 0) is 0 Å². The maximum Gasteiger partial charge on any atom is 2.00 e. The molecule has 0 unspecified atom stereocenters. The normalized spacial score (nSPS) is 7.45. The number of hydrogen-bond donors (Lipinski definition) is 0. The largest absolute Gasteiger partial charge is 2.00 e. The van der Waals surface area contributed by atoms with E-state index in [1.807, 2.05) is 0 Å². The van der Waals surface area contributed by atoms with Gasteiger partial charge in [0.2, 0.25) is 0 Å². The van der Waals surface area contributed by atoms with Gasteiger partial charge >= 0.3 is 58.4 Å². The molecule has 20 heavy (non-hydrogen) atoms. The maximum atomic E-state index is 9.29. The Morgan fingerprint density at radius 2 is 0.850 bits per heavy atom. The summed E-state index contributed by atoms with van der Waals surface area (Å²) in [6, 6.07) is 0. The summed E-state index contributed by atoms with van der Waals surface area (Å²) >= 11 is 7.28. The molecule has 8 heteroatoms. The molecule has 110 valence electrons. The zero-order valence-corrected chi connectivity index (χ0v) is 25.0. The molecule has 0 saturated carbocycles. The van der Waals surface area contributed by atoms with Crippen molar-refractivity contribution in [3.05, 3.63) is 20.8 Å². The molecular weight excluding hydrogens is 467 g/mol. The Morgan fingerprint density at radius 3 is 0.850 bits per heavy atom. The molecule has 2 nitrogen and oxygen atoms in total. The van der Waals surface area contributed by atoms with Crippen LogP contribution < -0.4 is 9.79 Å². The molecule has 0 aliphatic heterocycles. The molecule has 0 atom stereocenters. The van der Waals surface area contributed by atoms with E-state index < -0.39 is 5.69 Å². The van der Waals surface area contributed by atoms with Gasteiger partial charge in [-0.25, -0.2) is 0 Å². The van der Waals surface area contributed by atoms with Gasteiger partial charge in [-0.2, -0.15) is 31.1 Å². The minimum Gasteiger partial charge on any atom is -0.850 e. The van der Waals surface area contributed by atoms with Crippen LogP contribution in [0.15, 0.2) is 0 Å². The van der Waals surface area contributed by atoms with Crippen molar-refractivity contribution >= 4 is 29.7 Å². The van der Waals surface area contributed by atoms with Crippen LogP contribution in [0.4, 0.5) is 0 Å². The van der Waals surface area contributed by atoms with E-state index in [0.717, 1.165) is 19.3 Å². The molecule has 0 saturated heterocycles. The zero-order valence-electron chi connectivity index (χ0n) is 13.6. The third-order valence-electron chi connectivity index (χ3n) is 1.06. The van der Waals surface area contributed by atoms with Crippen LogP contribution in [-0.2, 0) is 82.5 Å². The fraction of sp³-hybridized carbons (Fsp3) is 0.750. The Bertz CT molecular complexity index is 127. The summed E-state index contributed by atoms with van der Waals surface area (Å²) in [7, 11) is 0. The monoisotopic (exact) mass is 490 g/mol. The van der Waals surface area contributed by atoms with Crippen molar-refractivity contribution in [3.63, 3.8) is 0 Å². The van der Waals surface area contributed by atoms with Crippen molar-refractivity contribution < 1.29 is 68.2 Å². The van der Waals surface area contributed by atoms with Crippen molar-refractivity contribution in [2.75, 3.05) is 0 Å². The molecule has 0 radical (unpaired) electrons. The first-order valence-electron chi connectivity index (χ1n) is 5.85. The minimum absolute atomic E-state index is 0. The number of hydrogen-bond acceptors (Lipinski definition) is 4. The maximum absolute atomic E-state index is 9.29. The first-order valence-corrected chi connectivity index (χ1v) is 9.50. The van der Waals surface area contributed by atoms with Crippen LogP contribution in [0.3, 0.4) is 0 Å². The molecule has 0 spiro atoms. The van der Waals surface area contributed by atoms with E-state index in [4.69, 9.17) is 0 Å². The Hall–Kier alpha value is 2.79. The predicted octanol–water partition coefficient (Wildman–Crippen LogP) is 3.33. The third-order valence-corrected chi connectivity index (χ3v) is 1.06. The minimum atomic E-state index is -3.72. The summed E-state index contributed by atoms with van der Waals surface area (Å²) < 4.78 is 0. The summed E-state index contributed by atoms with van der Waals surface area (Å²) in [5.74, 6) is 0. The Balaban J connectivity index is -0.0000000216. The second kappa shape index (κ2) is 43.1. The molecule has 0 N–H and O–H groups in total. The van der Waals surface area contributed by atoms with Crippen LogP contribution in [0, 0.1) is 20.8 Å². The fourth-order valence-corrected chi connectivity index (χ4v) is 0. The van der Waals surface area contributed by atoms with Crippen molar-refractivity contribution in [1.29, 1.82) is 0 Å². The average molecular weight is 495 g/mol. The van der Waals surface area contributed by atoms with Gasteiger partial charge < -0.3 is 48.5 Å². The molecule has 0 aliphatic carbocycles. The molecule has 0 aromatic rings. The Morgan fingerprint density at radius 1 is 0.800 bits per heavy atom. The summed E-state index contributed by atoms with van der Waals surface area (Å²) in [6.45, 7) is 17.2. The molecule has 0 heterocycles. The molecule has 0 aromatic heterocycles. The van der Waals surface area contributed by atoms with Crippen molar-refractivity contribution in [3.8, 4) is 0 Å². The molecule has 0 aromatic carbocycles. The van der Waals surface area contributed by atoms with E-state index in [2.05, 4.69) is 65.6 Å². The summed E-state index contributed by atoms with van der Waals surface area (Å²) in [5.41, 5.74) is -3.72. The van der Waals surface area contributed by atoms with Crippen LogP contribution in [-0.4, -0.2) is 0 Å². The van der Waals surface area contributed by atoms with E-state index in [1.54, 1.807) is 0 Å². The van der Waals surface area contributed by atoms with Crippen LogP contribution in [0.5, 0.6) is 0 Å². The number of rotatable bonds is 3. The molecular formula is C12H27O2PS2Zn3. The summed E-state index contributed by atoms with van der Waals surface area (Å²) in [4.78, 5) is 18.6. The van der Waals surface area contributed by atoms with Crippen LogP contribution >= 0.6 is 5.69 Å². The zero-order chi connectivity index (χ0) is 14.7. The van der Waals surface area contributed by atoms with Gasteiger partial charge in [0, 0.05) is 0 Å². The fourth-order valence-electron chi connectivity index (χ4n) is 0. The van der Waals surface area contributed by atoms with E-state index >= 15 is 0 Å². The van der Waals surface area contributed by atoms with Gasteiger partial charge in [0.05, 0.1) is 0 Å². The van der Waals surface area contributed by atoms with Crippen molar-refractivity contribution in [2.45, 2.75) is 59.3 Å². The smallest absolute Gasteiger partial charge is 0.850 e. The second-order valence-electron chi connectivity index (χ2n) is 3.01. The van der Waals surface area contributed by atoms with Gasteiger partial charge in [-0.15, -0.1) is 0 Å². The van der Waals surface area contributed by atoms with E-state index in [1.165, 1.54) is 19.3 Å². The molecule has 0 aliphatic rings. The Kier molecular flexibility index (Phi) is 93.4. The topological polar surface area (TPSA) is 46.1 Å². The molecule has 0 amide bonds. The van der Waals surface area contributed by atoms with Gasteiger partial charge in [-0.1, -0.05) is 40.0 Å². The molecule has 0 bridgehead atoms. The SMILES string of the molecule is [CH2-]CCC.[CH2-]CCC.[CH2-]CCC.[O-]P([O-])(=S)[S-].[Zn+2].[Zn+2].[Zn+2]. The van der Waals surface area contributed by atoms with Crippen molar-refractivity contribution in [1.82, 2.24) is 0 Å². The van der Waals surface area contributed by atoms with E-state index in [0.29, 0.717) is 0 Å². The first kappa shape index (κ1) is 43.4. The van der Waals surface area contributed by atoms with E-state index in [9.17, 15) is 9.79 Å². The standard InChI is InChI=1S/3C4H9.H3O2PS2.3Zn/c3*1-3-4-2;1-3(2,4)5;;;/h3*1,3-4H2,2H3;(H3,1,2,4,5);;;/q3*-1;;3*+2/p-3. The summed E-state index contributed by atoms with van der Waals surface area (Å²) in [5, 5.41) is 0. The van der Waals surface area contributed by atoms with Gasteiger partial charge in [-0.3, -0.25) is 0 Å². The predicted molar refractivity (Wildman–Crippen MR) is 82.4 cm³/mol. The molecule has 0 rings (SSSR count). The molecule has 0 fully saturated rings. The average Bonchev–Trinajstić information content (AvgIpc) is 2.27. The Labute approximate surface area is 176 Å². The third kappa shape index (κ3) is 243. The van der Waals surface area contributed by atoms with Crippen LogP contribution in [0.25, 0.3) is 0 Å². The van der Waals surface area contributed by atoms with Crippen LogP contribution in [0.1, 0.15) is 59.3 Å². The van der Waals surface area contributed by atoms with Crippen LogP contribution in [0.2, 0.25) is 0 Å². The van der Waals surface area contributed by atoms with E-state index in [-0.39, 0.29) is 58.4 Å².